The zero-order chi connectivity index (χ0) is 14.6. The number of rotatable bonds is 4. The number of carbonyl (C=O) groups excluding carboxylic acids is 1. The highest BCUT2D eigenvalue weighted by molar-refractivity contribution is 5.83. The van der Waals surface area contributed by atoms with E-state index in [-0.39, 0.29) is 0 Å². The molecule has 0 aliphatic heterocycles. The van der Waals surface area contributed by atoms with Gasteiger partial charge < -0.3 is 10.1 Å². The molecule has 0 aromatic carbocycles. The lowest BCUT2D eigenvalue weighted by molar-refractivity contribution is 0.0635. The zero-order valence-electron chi connectivity index (χ0n) is 12.6. The van der Waals surface area contributed by atoms with Crippen molar-refractivity contribution in [3.8, 4) is 0 Å². The van der Waals surface area contributed by atoms with Crippen LogP contribution < -0.4 is 10.6 Å². The molecule has 19 heavy (non-hydrogen) atoms. The third-order valence-electron chi connectivity index (χ3n) is 2.30. The van der Waals surface area contributed by atoms with Crippen LogP contribution in [-0.4, -0.2) is 27.5 Å². The van der Waals surface area contributed by atoms with Gasteiger partial charge in [0.2, 0.25) is 0 Å². The first-order chi connectivity index (χ1) is 8.67. The van der Waals surface area contributed by atoms with Gasteiger partial charge in [-0.05, 0) is 20.8 Å². The summed E-state index contributed by atoms with van der Waals surface area (Å²) < 4.78 is 6.91. The largest absolute Gasteiger partial charge is 0.444 e. The third-order valence-corrected chi connectivity index (χ3v) is 2.30. The number of hydrogen-bond acceptors (Lipinski definition) is 4. The quantitative estimate of drug-likeness (QED) is 0.879. The van der Waals surface area contributed by atoms with Gasteiger partial charge in [0.15, 0.2) is 5.82 Å². The van der Waals surface area contributed by atoms with E-state index < -0.39 is 11.7 Å². The Morgan fingerprint density at radius 1 is 1.47 bits per heavy atom. The maximum atomic E-state index is 11.6. The van der Waals surface area contributed by atoms with Crippen LogP contribution in [0.1, 0.15) is 40.3 Å². The molecule has 1 aromatic heterocycles. The van der Waals surface area contributed by atoms with Crippen molar-refractivity contribution in [1.82, 2.24) is 15.1 Å². The molecule has 0 saturated heterocycles. The van der Waals surface area contributed by atoms with E-state index in [0.717, 1.165) is 5.69 Å². The Hall–Kier alpha value is -1.56. The molecular weight excluding hydrogens is 244 g/mol. The predicted molar refractivity (Wildman–Crippen MR) is 75.0 cm³/mol. The van der Waals surface area contributed by atoms with Crippen LogP contribution in [0.2, 0.25) is 0 Å². The fourth-order valence-electron chi connectivity index (χ4n) is 1.45. The summed E-state index contributed by atoms with van der Waals surface area (Å²) in [7, 11) is 1.84. The molecule has 0 aliphatic carbocycles. The Morgan fingerprint density at radius 3 is 2.63 bits per heavy atom. The number of amides is 1. The van der Waals surface area contributed by atoms with E-state index in [9.17, 15) is 4.79 Å². The van der Waals surface area contributed by atoms with Gasteiger partial charge in [-0.3, -0.25) is 10.00 Å². The molecule has 0 fully saturated rings. The molecular formula is C13H24N4O2. The van der Waals surface area contributed by atoms with Crippen molar-refractivity contribution >= 4 is 11.9 Å². The number of anilines is 1. The number of hydrogen-bond donors (Lipinski definition) is 2. The van der Waals surface area contributed by atoms with E-state index in [1.165, 1.54) is 0 Å². The Kier molecular flexibility index (Phi) is 4.94. The van der Waals surface area contributed by atoms with E-state index in [2.05, 4.69) is 29.6 Å². The van der Waals surface area contributed by atoms with Crippen LogP contribution in [0.4, 0.5) is 10.6 Å². The summed E-state index contributed by atoms with van der Waals surface area (Å²) in [4.78, 5) is 11.6. The second-order valence-corrected chi connectivity index (χ2v) is 5.81. The zero-order valence-corrected chi connectivity index (χ0v) is 12.6. The first-order valence-electron chi connectivity index (χ1n) is 6.43. The van der Waals surface area contributed by atoms with Crippen molar-refractivity contribution in [3.63, 3.8) is 0 Å². The normalized spacial score (nSPS) is 11.7. The van der Waals surface area contributed by atoms with Gasteiger partial charge in [-0.2, -0.15) is 5.10 Å². The van der Waals surface area contributed by atoms with Crippen molar-refractivity contribution in [2.75, 3.05) is 5.32 Å². The molecule has 0 saturated carbocycles. The van der Waals surface area contributed by atoms with E-state index in [4.69, 9.17) is 4.74 Å². The molecule has 1 amide bonds. The molecule has 0 bridgehead atoms. The lowest BCUT2D eigenvalue weighted by Gasteiger charge is -2.18. The van der Waals surface area contributed by atoms with Crippen LogP contribution in [0.5, 0.6) is 0 Å². The highest BCUT2D eigenvalue weighted by Crippen LogP contribution is 2.12. The van der Waals surface area contributed by atoms with Crippen molar-refractivity contribution in [2.24, 2.45) is 7.05 Å². The highest BCUT2D eigenvalue weighted by atomic mass is 16.6. The number of ether oxygens (including phenoxy) is 1. The fourth-order valence-corrected chi connectivity index (χ4v) is 1.45. The molecule has 1 heterocycles. The third kappa shape index (κ3) is 5.74. The smallest absolute Gasteiger partial charge is 0.413 e. The molecule has 0 unspecified atom stereocenters. The second-order valence-electron chi connectivity index (χ2n) is 5.81. The summed E-state index contributed by atoms with van der Waals surface area (Å²) in [6.07, 6.45) is -0.492. The standard InChI is InChI=1S/C13H24N4O2/c1-9(2)14-8-10-7-11(16-17(10)6)15-12(18)19-13(3,4)5/h7,9,14H,8H2,1-6H3,(H,15,16,18). The van der Waals surface area contributed by atoms with E-state index in [0.29, 0.717) is 18.4 Å². The fraction of sp³-hybridized carbons (Fsp3) is 0.692. The molecule has 0 spiro atoms. The van der Waals surface area contributed by atoms with Gasteiger partial charge in [-0.15, -0.1) is 0 Å². The van der Waals surface area contributed by atoms with Crippen molar-refractivity contribution in [3.05, 3.63) is 11.8 Å². The molecule has 0 atom stereocenters. The molecule has 2 N–H and O–H groups in total. The Balaban J connectivity index is 2.60. The van der Waals surface area contributed by atoms with Gasteiger partial charge >= 0.3 is 6.09 Å². The van der Waals surface area contributed by atoms with Crippen LogP contribution in [0.3, 0.4) is 0 Å². The van der Waals surface area contributed by atoms with Gasteiger partial charge in [-0.1, -0.05) is 13.8 Å². The summed E-state index contributed by atoms with van der Waals surface area (Å²) in [5, 5.41) is 10.2. The lowest BCUT2D eigenvalue weighted by atomic mass is 10.2. The lowest BCUT2D eigenvalue weighted by Crippen LogP contribution is -2.27. The van der Waals surface area contributed by atoms with Crippen LogP contribution in [0, 0.1) is 0 Å². The van der Waals surface area contributed by atoms with Crippen LogP contribution >= 0.6 is 0 Å². The van der Waals surface area contributed by atoms with Crippen LogP contribution in [-0.2, 0) is 18.3 Å². The van der Waals surface area contributed by atoms with Gasteiger partial charge in [0.25, 0.3) is 0 Å². The number of aryl methyl sites for hydroxylation is 1. The second kappa shape index (κ2) is 6.06. The van der Waals surface area contributed by atoms with Crippen molar-refractivity contribution < 1.29 is 9.53 Å². The van der Waals surface area contributed by atoms with Crippen molar-refractivity contribution in [2.45, 2.75) is 52.8 Å². The van der Waals surface area contributed by atoms with Crippen molar-refractivity contribution in [1.29, 1.82) is 0 Å². The summed E-state index contributed by atoms with van der Waals surface area (Å²) in [5.74, 6) is 0.498. The number of carbonyl (C=O) groups is 1. The van der Waals surface area contributed by atoms with E-state index in [1.807, 2.05) is 33.9 Å². The average Bonchev–Trinajstić information content (AvgIpc) is 2.52. The molecule has 1 aromatic rings. The van der Waals surface area contributed by atoms with Crippen LogP contribution in [0.25, 0.3) is 0 Å². The van der Waals surface area contributed by atoms with Crippen LogP contribution in [0.15, 0.2) is 6.07 Å². The monoisotopic (exact) mass is 268 g/mol. The number of nitrogens with zero attached hydrogens (tertiary/aromatic N) is 2. The Morgan fingerprint density at radius 2 is 2.11 bits per heavy atom. The van der Waals surface area contributed by atoms with Gasteiger partial charge in [-0.25, -0.2) is 4.79 Å². The topological polar surface area (TPSA) is 68.2 Å². The molecule has 6 nitrogen and oxygen atoms in total. The maximum Gasteiger partial charge on any atom is 0.413 e. The van der Waals surface area contributed by atoms with Gasteiger partial charge in [0.05, 0.1) is 5.69 Å². The molecule has 0 radical (unpaired) electrons. The minimum Gasteiger partial charge on any atom is -0.444 e. The van der Waals surface area contributed by atoms with Gasteiger partial charge in [0, 0.05) is 25.7 Å². The summed E-state index contributed by atoms with van der Waals surface area (Å²) in [5.41, 5.74) is 0.487. The Bertz CT molecular complexity index is 432. The maximum absolute atomic E-state index is 11.6. The summed E-state index contributed by atoms with van der Waals surface area (Å²) in [6, 6.07) is 2.23. The Labute approximate surface area is 114 Å². The number of nitrogens with one attached hydrogen (secondary N) is 2. The SMILES string of the molecule is CC(C)NCc1cc(NC(=O)OC(C)(C)C)nn1C. The molecule has 0 aliphatic rings. The van der Waals surface area contributed by atoms with E-state index in [1.54, 1.807) is 4.68 Å². The highest BCUT2D eigenvalue weighted by Gasteiger charge is 2.17. The first-order valence-corrected chi connectivity index (χ1v) is 6.43. The summed E-state index contributed by atoms with van der Waals surface area (Å²) in [6.45, 7) is 10.3. The minimum absolute atomic E-state index is 0.400. The first kappa shape index (κ1) is 15.5. The summed E-state index contributed by atoms with van der Waals surface area (Å²) >= 11 is 0. The predicted octanol–water partition coefficient (Wildman–Crippen LogP) is 2.27. The van der Waals surface area contributed by atoms with Gasteiger partial charge in [0.1, 0.15) is 5.60 Å². The van der Waals surface area contributed by atoms with E-state index >= 15 is 0 Å². The minimum atomic E-state index is -0.513. The molecule has 1 rings (SSSR count). The number of aromatic nitrogens is 2. The molecule has 108 valence electrons. The average molecular weight is 268 g/mol. The molecule has 6 heteroatoms.